The highest BCUT2D eigenvalue weighted by Crippen LogP contribution is 2.22. The Morgan fingerprint density at radius 2 is 2.05 bits per heavy atom. The predicted molar refractivity (Wildman–Crippen MR) is 83.3 cm³/mol. The number of anilines is 1. The van der Waals surface area contributed by atoms with Gasteiger partial charge in [0.05, 0.1) is 4.90 Å². The fraction of sp³-hybridized carbons (Fsp3) is 0.286. The van der Waals surface area contributed by atoms with Crippen molar-refractivity contribution in [1.82, 2.24) is 4.72 Å². The van der Waals surface area contributed by atoms with Gasteiger partial charge in [-0.2, -0.15) is 0 Å². The lowest BCUT2D eigenvalue weighted by molar-refractivity contribution is 0.581. The van der Waals surface area contributed by atoms with Crippen LogP contribution in [0.2, 0.25) is 0 Å². The van der Waals surface area contributed by atoms with Crippen LogP contribution in [0.3, 0.4) is 0 Å². The van der Waals surface area contributed by atoms with Crippen molar-refractivity contribution in [2.24, 2.45) is 0 Å². The second kappa shape index (κ2) is 5.95. The monoisotopic (exact) mass is 310 g/mol. The number of hydrogen-bond acceptors (Lipinski definition) is 4. The molecule has 1 heterocycles. The number of aryl methyl sites for hydroxylation is 1. The van der Waals surface area contributed by atoms with Crippen molar-refractivity contribution in [1.29, 1.82) is 0 Å². The summed E-state index contributed by atoms with van der Waals surface area (Å²) in [6.45, 7) is 4.09. The molecule has 0 amide bonds. The number of thiophene rings is 1. The summed E-state index contributed by atoms with van der Waals surface area (Å²) in [6, 6.07) is 6.95. The average molecular weight is 310 g/mol. The molecule has 0 aliphatic carbocycles. The van der Waals surface area contributed by atoms with Gasteiger partial charge in [0.2, 0.25) is 10.0 Å². The van der Waals surface area contributed by atoms with Gasteiger partial charge in [-0.05, 0) is 48.1 Å². The zero-order chi connectivity index (χ0) is 14.8. The molecule has 108 valence electrons. The minimum absolute atomic E-state index is 0.243. The summed E-state index contributed by atoms with van der Waals surface area (Å²) in [7, 11) is -3.54. The topological polar surface area (TPSA) is 72.2 Å². The van der Waals surface area contributed by atoms with E-state index in [-0.39, 0.29) is 4.90 Å². The van der Waals surface area contributed by atoms with Crippen LogP contribution in [0, 0.1) is 6.92 Å². The average Bonchev–Trinajstić information content (AvgIpc) is 2.87. The summed E-state index contributed by atoms with van der Waals surface area (Å²) in [4.78, 5) is 1.30. The van der Waals surface area contributed by atoms with E-state index in [0.29, 0.717) is 17.8 Å². The van der Waals surface area contributed by atoms with Gasteiger partial charge in [0.25, 0.3) is 0 Å². The Hall–Kier alpha value is -1.37. The van der Waals surface area contributed by atoms with Crippen LogP contribution in [-0.4, -0.2) is 8.42 Å². The van der Waals surface area contributed by atoms with Crippen molar-refractivity contribution < 1.29 is 8.42 Å². The van der Waals surface area contributed by atoms with Gasteiger partial charge in [-0.25, -0.2) is 13.1 Å². The molecular weight excluding hydrogens is 292 g/mol. The fourth-order valence-corrected chi connectivity index (χ4v) is 4.27. The van der Waals surface area contributed by atoms with E-state index < -0.39 is 10.0 Å². The molecule has 0 radical (unpaired) electrons. The zero-order valence-electron chi connectivity index (χ0n) is 11.5. The Morgan fingerprint density at radius 1 is 1.30 bits per heavy atom. The van der Waals surface area contributed by atoms with Gasteiger partial charge in [-0.1, -0.05) is 13.0 Å². The Labute approximate surface area is 123 Å². The highest BCUT2D eigenvalue weighted by molar-refractivity contribution is 7.89. The minimum atomic E-state index is -3.54. The molecule has 6 heteroatoms. The number of benzene rings is 1. The number of nitrogens with one attached hydrogen (secondary N) is 1. The third kappa shape index (κ3) is 3.03. The maximum Gasteiger partial charge on any atom is 0.241 e. The van der Waals surface area contributed by atoms with Crippen molar-refractivity contribution in [2.75, 3.05) is 5.73 Å². The molecule has 1 aromatic carbocycles. The molecule has 4 nitrogen and oxygen atoms in total. The summed E-state index contributed by atoms with van der Waals surface area (Å²) in [6.07, 6.45) is 0.901. The number of nitrogen functional groups attached to an aromatic ring is 1. The summed E-state index contributed by atoms with van der Waals surface area (Å²) >= 11 is 1.57. The van der Waals surface area contributed by atoms with Crippen molar-refractivity contribution in [3.8, 4) is 0 Å². The first-order valence-electron chi connectivity index (χ1n) is 6.35. The van der Waals surface area contributed by atoms with E-state index >= 15 is 0 Å². The second-order valence-electron chi connectivity index (χ2n) is 4.52. The van der Waals surface area contributed by atoms with Crippen LogP contribution in [0.15, 0.2) is 34.5 Å². The van der Waals surface area contributed by atoms with Crippen LogP contribution in [0.5, 0.6) is 0 Å². The van der Waals surface area contributed by atoms with E-state index in [1.807, 2.05) is 11.4 Å². The Balaban J connectivity index is 2.22. The van der Waals surface area contributed by atoms with Crippen LogP contribution in [0.4, 0.5) is 5.69 Å². The van der Waals surface area contributed by atoms with Gasteiger partial charge in [0.1, 0.15) is 0 Å². The number of hydrogen-bond donors (Lipinski definition) is 2. The standard InChI is InChI=1S/C14H18N2O2S2/c1-3-11-7-8-19-13(11)9-16-20(17,18)14-6-4-5-12(15)10(14)2/h4-8,16H,3,9,15H2,1-2H3. The molecule has 0 aliphatic rings. The molecule has 0 saturated heterocycles. The fourth-order valence-electron chi connectivity index (χ4n) is 2.00. The number of nitrogens with two attached hydrogens (primary N) is 1. The molecule has 0 bridgehead atoms. The van der Waals surface area contributed by atoms with E-state index in [4.69, 9.17) is 5.73 Å². The Bertz CT molecular complexity index is 706. The van der Waals surface area contributed by atoms with Crippen LogP contribution >= 0.6 is 11.3 Å². The molecule has 0 unspecified atom stereocenters. The van der Waals surface area contributed by atoms with E-state index in [0.717, 1.165) is 11.3 Å². The Morgan fingerprint density at radius 3 is 2.75 bits per heavy atom. The molecule has 2 rings (SSSR count). The molecule has 0 saturated carbocycles. The smallest absolute Gasteiger partial charge is 0.241 e. The van der Waals surface area contributed by atoms with Crippen LogP contribution in [0.25, 0.3) is 0 Å². The molecule has 0 atom stereocenters. The summed E-state index contributed by atoms with van der Waals surface area (Å²) < 4.78 is 27.3. The minimum Gasteiger partial charge on any atom is -0.398 e. The van der Waals surface area contributed by atoms with Crippen LogP contribution < -0.4 is 10.5 Å². The van der Waals surface area contributed by atoms with Crippen molar-refractivity contribution in [2.45, 2.75) is 31.7 Å². The zero-order valence-corrected chi connectivity index (χ0v) is 13.1. The van der Waals surface area contributed by atoms with Crippen molar-refractivity contribution >= 4 is 27.0 Å². The molecule has 1 aromatic heterocycles. The summed E-state index contributed by atoms with van der Waals surface area (Å²) in [5.41, 5.74) is 8.02. The third-order valence-electron chi connectivity index (χ3n) is 3.26. The second-order valence-corrected chi connectivity index (χ2v) is 7.25. The third-order valence-corrected chi connectivity index (χ3v) is 5.77. The normalized spacial score (nSPS) is 11.7. The highest BCUT2D eigenvalue weighted by atomic mass is 32.2. The van der Waals surface area contributed by atoms with Gasteiger partial charge in [0, 0.05) is 17.1 Å². The molecule has 0 aliphatic heterocycles. The molecule has 20 heavy (non-hydrogen) atoms. The molecular formula is C14H18N2O2S2. The van der Waals surface area contributed by atoms with E-state index in [1.165, 1.54) is 5.56 Å². The van der Waals surface area contributed by atoms with E-state index in [1.54, 1.807) is 36.5 Å². The molecule has 2 aromatic rings. The van der Waals surface area contributed by atoms with Crippen LogP contribution in [0.1, 0.15) is 22.9 Å². The maximum atomic E-state index is 12.3. The summed E-state index contributed by atoms with van der Waals surface area (Å²) in [5, 5.41) is 1.98. The van der Waals surface area contributed by atoms with Gasteiger partial charge in [0.15, 0.2) is 0 Å². The van der Waals surface area contributed by atoms with Crippen LogP contribution in [-0.2, 0) is 23.0 Å². The summed E-state index contributed by atoms with van der Waals surface area (Å²) in [5.74, 6) is 0. The van der Waals surface area contributed by atoms with E-state index in [2.05, 4.69) is 11.6 Å². The van der Waals surface area contributed by atoms with Gasteiger partial charge < -0.3 is 5.73 Å². The largest absolute Gasteiger partial charge is 0.398 e. The lowest BCUT2D eigenvalue weighted by atomic mass is 10.2. The first-order valence-corrected chi connectivity index (χ1v) is 8.72. The lowest BCUT2D eigenvalue weighted by Crippen LogP contribution is -2.24. The van der Waals surface area contributed by atoms with Crippen molar-refractivity contribution in [3.63, 3.8) is 0 Å². The van der Waals surface area contributed by atoms with Gasteiger partial charge >= 0.3 is 0 Å². The van der Waals surface area contributed by atoms with Crippen molar-refractivity contribution in [3.05, 3.63) is 45.6 Å². The quantitative estimate of drug-likeness (QED) is 0.834. The van der Waals surface area contributed by atoms with E-state index in [9.17, 15) is 8.42 Å². The number of sulfonamides is 1. The number of rotatable bonds is 5. The molecule has 3 N–H and O–H groups in total. The lowest BCUT2D eigenvalue weighted by Gasteiger charge is -2.10. The Kier molecular flexibility index (Phi) is 4.47. The first-order chi connectivity index (χ1) is 9.45. The SMILES string of the molecule is CCc1ccsc1CNS(=O)(=O)c1cccc(N)c1C. The maximum absolute atomic E-state index is 12.3. The van der Waals surface area contributed by atoms with Gasteiger partial charge in [-0.15, -0.1) is 11.3 Å². The van der Waals surface area contributed by atoms with Gasteiger partial charge in [-0.3, -0.25) is 0 Å². The highest BCUT2D eigenvalue weighted by Gasteiger charge is 2.18. The first kappa shape index (κ1) is 15.0. The predicted octanol–water partition coefficient (Wildman–Crippen LogP) is 2.68. The molecule has 0 spiro atoms. The molecule has 0 fully saturated rings.